The molecular weight excluding hydrogens is 344 g/mol. The highest BCUT2D eigenvalue weighted by molar-refractivity contribution is 5.78. The Labute approximate surface area is 156 Å². The third-order valence-corrected chi connectivity index (χ3v) is 4.41. The number of nitrogens with zero attached hydrogens (tertiary/aromatic N) is 2. The number of carbonyl (C=O) groups excluding carboxylic acids is 1. The van der Waals surface area contributed by atoms with Gasteiger partial charge in [-0.1, -0.05) is 24.3 Å². The van der Waals surface area contributed by atoms with Gasteiger partial charge >= 0.3 is 5.69 Å². The number of hydrogen-bond donors (Lipinski definition) is 2. The number of rotatable bonds is 6. The molecular formula is C20H22N4O3. The van der Waals surface area contributed by atoms with Crippen molar-refractivity contribution in [1.29, 1.82) is 0 Å². The number of hydrogen-bond acceptors (Lipinski definition) is 4. The summed E-state index contributed by atoms with van der Waals surface area (Å²) in [7, 11) is 3.94. The predicted molar refractivity (Wildman–Crippen MR) is 106 cm³/mol. The van der Waals surface area contributed by atoms with E-state index < -0.39 is 11.2 Å². The molecule has 0 radical (unpaired) electrons. The van der Waals surface area contributed by atoms with Crippen LogP contribution in [0.25, 0.3) is 10.9 Å². The molecule has 0 fully saturated rings. The fraction of sp³-hybridized carbons (Fsp3) is 0.250. The molecule has 7 heteroatoms. The highest BCUT2D eigenvalue weighted by Gasteiger charge is 2.09. The van der Waals surface area contributed by atoms with Gasteiger partial charge < -0.3 is 10.2 Å². The van der Waals surface area contributed by atoms with E-state index in [0.717, 1.165) is 11.3 Å². The average molecular weight is 366 g/mol. The van der Waals surface area contributed by atoms with Crippen LogP contribution in [0.3, 0.4) is 0 Å². The first-order chi connectivity index (χ1) is 13.0. The van der Waals surface area contributed by atoms with Crippen molar-refractivity contribution in [1.82, 2.24) is 14.9 Å². The number of aromatic amines is 1. The van der Waals surface area contributed by atoms with Gasteiger partial charge in [0.2, 0.25) is 5.91 Å². The van der Waals surface area contributed by atoms with Gasteiger partial charge in [-0.25, -0.2) is 4.79 Å². The Hall–Kier alpha value is -3.35. The minimum absolute atomic E-state index is 0.145. The number of fused-ring (bicyclic) bond motifs is 1. The molecule has 7 nitrogen and oxygen atoms in total. The molecule has 3 rings (SSSR count). The van der Waals surface area contributed by atoms with E-state index in [1.54, 1.807) is 24.3 Å². The number of nitrogens with one attached hydrogen (secondary N) is 2. The SMILES string of the molecule is CN(C)c1ccc(CNC(=O)CCn2c(=O)[nH]c(=O)c3ccccc32)cc1. The maximum Gasteiger partial charge on any atom is 0.328 e. The Morgan fingerprint density at radius 3 is 2.48 bits per heavy atom. The molecule has 0 unspecified atom stereocenters. The normalized spacial score (nSPS) is 10.7. The van der Waals surface area contributed by atoms with E-state index in [1.807, 2.05) is 43.3 Å². The largest absolute Gasteiger partial charge is 0.378 e. The van der Waals surface area contributed by atoms with Gasteiger partial charge in [-0.3, -0.25) is 19.1 Å². The van der Waals surface area contributed by atoms with Crippen molar-refractivity contribution >= 4 is 22.5 Å². The molecule has 3 aromatic rings. The molecule has 2 N–H and O–H groups in total. The number of para-hydroxylation sites is 1. The van der Waals surface area contributed by atoms with E-state index in [0.29, 0.717) is 17.4 Å². The van der Waals surface area contributed by atoms with Crippen LogP contribution >= 0.6 is 0 Å². The molecule has 0 saturated heterocycles. The Balaban J connectivity index is 1.64. The first kappa shape index (κ1) is 18.4. The molecule has 0 aliphatic rings. The van der Waals surface area contributed by atoms with Crippen LogP contribution in [0.5, 0.6) is 0 Å². The molecule has 0 aliphatic carbocycles. The van der Waals surface area contributed by atoms with Crippen LogP contribution in [0.2, 0.25) is 0 Å². The molecule has 0 spiro atoms. The minimum Gasteiger partial charge on any atom is -0.378 e. The van der Waals surface area contributed by atoms with Gasteiger partial charge in [0.15, 0.2) is 0 Å². The fourth-order valence-corrected chi connectivity index (χ4v) is 2.88. The molecule has 1 heterocycles. The van der Waals surface area contributed by atoms with E-state index >= 15 is 0 Å². The monoisotopic (exact) mass is 366 g/mol. The van der Waals surface area contributed by atoms with Crippen molar-refractivity contribution in [2.75, 3.05) is 19.0 Å². The summed E-state index contributed by atoms with van der Waals surface area (Å²) in [5, 5.41) is 3.29. The number of aryl methyl sites for hydroxylation is 1. The van der Waals surface area contributed by atoms with Crippen LogP contribution in [0.15, 0.2) is 58.1 Å². The zero-order valence-corrected chi connectivity index (χ0v) is 15.4. The van der Waals surface area contributed by atoms with Gasteiger partial charge in [0.1, 0.15) is 0 Å². The molecule has 0 bridgehead atoms. The Morgan fingerprint density at radius 2 is 1.78 bits per heavy atom. The summed E-state index contributed by atoms with van der Waals surface area (Å²) in [6, 6.07) is 14.8. The summed E-state index contributed by atoms with van der Waals surface area (Å²) in [6.45, 7) is 0.620. The number of H-pyrrole nitrogens is 1. The van der Waals surface area contributed by atoms with Crippen LogP contribution in [0, 0.1) is 0 Å². The quantitative estimate of drug-likeness (QED) is 0.691. The third kappa shape index (κ3) is 4.25. The van der Waals surface area contributed by atoms with Crippen molar-refractivity contribution in [3.63, 3.8) is 0 Å². The maximum absolute atomic E-state index is 12.2. The second kappa shape index (κ2) is 7.90. The molecule has 1 amide bonds. The average Bonchev–Trinajstić information content (AvgIpc) is 2.66. The lowest BCUT2D eigenvalue weighted by atomic mass is 10.2. The van der Waals surface area contributed by atoms with Gasteiger partial charge in [-0.15, -0.1) is 0 Å². The van der Waals surface area contributed by atoms with Crippen LogP contribution < -0.4 is 21.5 Å². The number of amides is 1. The molecule has 0 saturated carbocycles. The molecule has 140 valence electrons. The highest BCUT2D eigenvalue weighted by atomic mass is 16.2. The first-order valence-corrected chi connectivity index (χ1v) is 8.70. The topological polar surface area (TPSA) is 87.2 Å². The van der Waals surface area contributed by atoms with Crippen molar-refractivity contribution in [2.45, 2.75) is 19.5 Å². The summed E-state index contributed by atoms with van der Waals surface area (Å²) in [6.07, 6.45) is 0.145. The second-order valence-electron chi connectivity index (χ2n) is 6.52. The summed E-state index contributed by atoms with van der Waals surface area (Å²) < 4.78 is 1.42. The Bertz CT molecular complexity index is 1070. The number of benzene rings is 2. The van der Waals surface area contributed by atoms with Crippen LogP contribution in [0.1, 0.15) is 12.0 Å². The zero-order valence-electron chi connectivity index (χ0n) is 15.4. The molecule has 2 aromatic carbocycles. The van der Waals surface area contributed by atoms with Gasteiger partial charge in [0.05, 0.1) is 10.9 Å². The maximum atomic E-state index is 12.2. The van der Waals surface area contributed by atoms with E-state index in [-0.39, 0.29) is 18.9 Å². The minimum atomic E-state index is -0.509. The molecule has 0 aliphatic heterocycles. The number of aromatic nitrogens is 2. The standard InChI is InChI=1S/C20H22N4O3/c1-23(2)15-9-7-14(8-10-15)13-21-18(25)11-12-24-17-6-4-3-5-16(17)19(26)22-20(24)27/h3-10H,11-13H2,1-2H3,(H,21,25)(H,22,26,27). The van der Waals surface area contributed by atoms with Crippen molar-refractivity contribution < 1.29 is 4.79 Å². The van der Waals surface area contributed by atoms with E-state index in [2.05, 4.69) is 10.3 Å². The van der Waals surface area contributed by atoms with E-state index in [4.69, 9.17) is 0 Å². The fourth-order valence-electron chi connectivity index (χ4n) is 2.88. The number of anilines is 1. The summed E-state index contributed by atoms with van der Waals surface area (Å²) >= 11 is 0. The van der Waals surface area contributed by atoms with Gasteiger partial charge in [-0.2, -0.15) is 0 Å². The van der Waals surface area contributed by atoms with Crippen LogP contribution in [0.4, 0.5) is 5.69 Å². The van der Waals surface area contributed by atoms with Crippen molar-refractivity contribution in [2.24, 2.45) is 0 Å². The second-order valence-corrected chi connectivity index (χ2v) is 6.52. The molecule has 0 atom stereocenters. The van der Waals surface area contributed by atoms with Gasteiger partial charge in [0, 0.05) is 39.3 Å². The third-order valence-electron chi connectivity index (χ3n) is 4.41. The summed E-state index contributed by atoms with van der Waals surface area (Å²) in [4.78, 5) is 40.4. The lowest BCUT2D eigenvalue weighted by Gasteiger charge is -2.13. The molecule has 27 heavy (non-hydrogen) atoms. The van der Waals surface area contributed by atoms with Crippen LogP contribution in [-0.2, 0) is 17.9 Å². The summed E-state index contributed by atoms with van der Waals surface area (Å²) in [5.41, 5.74) is 1.69. The molecule has 1 aromatic heterocycles. The van der Waals surface area contributed by atoms with E-state index in [1.165, 1.54) is 4.57 Å². The van der Waals surface area contributed by atoms with Crippen molar-refractivity contribution in [3.05, 3.63) is 74.9 Å². The lowest BCUT2D eigenvalue weighted by molar-refractivity contribution is -0.121. The Morgan fingerprint density at radius 1 is 1.07 bits per heavy atom. The number of carbonyl (C=O) groups is 1. The van der Waals surface area contributed by atoms with Crippen molar-refractivity contribution in [3.8, 4) is 0 Å². The van der Waals surface area contributed by atoms with Gasteiger partial charge in [-0.05, 0) is 29.8 Å². The van der Waals surface area contributed by atoms with E-state index in [9.17, 15) is 14.4 Å². The Kier molecular flexibility index (Phi) is 5.40. The van der Waals surface area contributed by atoms with Crippen LogP contribution in [-0.4, -0.2) is 29.6 Å². The first-order valence-electron chi connectivity index (χ1n) is 8.70. The predicted octanol–water partition coefficient (Wildman–Crippen LogP) is 1.46. The lowest BCUT2D eigenvalue weighted by Crippen LogP contribution is -2.32. The van der Waals surface area contributed by atoms with Gasteiger partial charge in [0.25, 0.3) is 5.56 Å². The highest BCUT2D eigenvalue weighted by Crippen LogP contribution is 2.12. The smallest absolute Gasteiger partial charge is 0.328 e. The zero-order chi connectivity index (χ0) is 19.4. The summed E-state index contributed by atoms with van der Waals surface area (Å²) in [5.74, 6) is -0.158.